The molecule has 23 heavy (non-hydrogen) atoms. The Morgan fingerprint density at radius 2 is 0.913 bits per heavy atom. The second-order valence-corrected chi connectivity index (χ2v) is 7.87. The van der Waals surface area contributed by atoms with Crippen LogP contribution in [-0.2, 0) is 0 Å². The van der Waals surface area contributed by atoms with E-state index in [9.17, 15) is 0 Å². The van der Waals surface area contributed by atoms with E-state index in [0.29, 0.717) is 0 Å². The molecular weight excluding hydrogens is 282 g/mol. The van der Waals surface area contributed by atoms with Gasteiger partial charge in [0.2, 0.25) is 0 Å². The third-order valence-corrected chi connectivity index (χ3v) is 4.96. The summed E-state index contributed by atoms with van der Waals surface area (Å²) < 4.78 is 0. The van der Waals surface area contributed by atoms with Crippen LogP contribution in [0.1, 0.15) is 123 Å². The van der Waals surface area contributed by atoms with Gasteiger partial charge in [-0.15, -0.1) is 0 Å². The van der Waals surface area contributed by atoms with Crippen molar-refractivity contribution >= 4 is 0 Å². The molecule has 0 rings (SSSR count). The smallest absolute Gasteiger partial charge is 0.0608 e. The standard InChI is InChI=1S/C21H45NO/c1-3-4-5-6-7-8-9-10-11-12-13-14-15-16-17-18-19-21(2,22)20-23/h23H,3-20,22H2,1-2H3. The number of nitrogens with two attached hydrogens (primary N) is 1. The van der Waals surface area contributed by atoms with Gasteiger partial charge in [-0.25, -0.2) is 0 Å². The molecule has 0 aliphatic heterocycles. The maximum atomic E-state index is 9.09. The molecule has 2 heteroatoms. The number of rotatable bonds is 18. The maximum Gasteiger partial charge on any atom is 0.0608 e. The molecular formula is C21H45NO. The third kappa shape index (κ3) is 18.1. The van der Waals surface area contributed by atoms with Gasteiger partial charge in [0, 0.05) is 5.54 Å². The molecule has 0 amide bonds. The Morgan fingerprint density at radius 3 is 1.22 bits per heavy atom. The van der Waals surface area contributed by atoms with Gasteiger partial charge in [-0.1, -0.05) is 110 Å². The van der Waals surface area contributed by atoms with Gasteiger partial charge in [0.25, 0.3) is 0 Å². The quantitative estimate of drug-likeness (QED) is 0.288. The van der Waals surface area contributed by atoms with Gasteiger partial charge in [0.05, 0.1) is 6.61 Å². The normalized spacial score (nSPS) is 14.1. The van der Waals surface area contributed by atoms with E-state index in [-0.39, 0.29) is 12.1 Å². The summed E-state index contributed by atoms with van der Waals surface area (Å²) in [6, 6.07) is 0. The number of hydrogen-bond acceptors (Lipinski definition) is 2. The van der Waals surface area contributed by atoms with E-state index in [1.165, 1.54) is 96.3 Å². The SMILES string of the molecule is CCCCCCCCCCCCCCCCCCC(C)(N)CO. The Morgan fingerprint density at radius 1 is 0.609 bits per heavy atom. The molecule has 2 nitrogen and oxygen atoms in total. The van der Waals surface area contributed by atoms with E-state index in [1.54, 1.807) is 0 Å². The highest BCUT2D eigenvalue weighted by Gasteiger charge is 2.15. The van der Waals surface area contributed by atoms with E-state index < -0.39 is 0 Å². The van der Waals surface area contributed by atoms with Crippen molar-refractivity contribution < 1.29 is 5.11 Å². The van der Waals surface area contributed by atoms with Crippen molar-refractivity contribution in [3.63, 3.8) is 0 Å². The second kappa shape index (κ2) is 16.8. The van der Waals surface area contributed by atoms with Crippen molar-refractivity contribution in [3.05, 3.63) is 0 Å². The van der Waals surface area contributed by atoms with E-state index in [2.05, 4.69) is 6.92 Å². The Labute approximate surface area is 146 Å². The van der Waals surface area contributed by atoms with Gasteiger partial charge in [0.1, 0.15) is 0 Å². The van der Waals surface area contributed by atoms with E-state index in [4.69, 9.17) is 10.8 Å². The molecule has 0 aromatic heterocycles. The molecule has 140 valence electrons. The summed E-state index contributed by atoms with van der Waals surface area (Å²) in [7, 11) is 0. The van der Waals surface area contributed by atoms with Crippen LogP contribution in [-0.4, -0.2) is 17.3 Å². The van der Waals surface area contributed by atoms with Gasteiger partial charge < -0.3 is 10.8 Å². The average molecular weight is 328 g/mol. The third-order valence-electron chi connectivity index (χ3n) is 4.96. The molecule has 0 bridgehead atoms. The fourth-order valence-corrected chi connectivity index (χ4v) is 3.16. The first kappa shape index (κ1) is 22.9. The van der Waals surface area contributed by atoms with Gasteiger partial charge >= 0.3 is 0 Å². The number of aliphatic hydroxyl groups is 1. The molecule has 0 aromatic carbocycles. The van der Waals surface area contributed by atoms with Crippen molar-refractivity contribution in [2.45, 2.75) is 129 Å². The van der Waals surface area contributed by atoms with E-state index in [0.717, 1.165) is 12.8 Å². The molecule has 0 fully saturated rings. The highest BCUT2D eigenvalue weighted by Crippen LogP contribution is 2.15. The van der Waals surface area contributed by atoms with E-state index in [1.807, 2.05) is 6.92 Å². The van der Waals surface area contributed by atoms with Crippen molar-refractivity contribution in [2.75, 3.05) is 6.61 Å². The minimum atomic E-state index is -0.365. The number of hydrogen-bond donors (Lipinski definition) is 2. The monoisotopic (exact) mass is 327 g/mol. The highest BCUT2D eigenvalue weighted by atomic mass is 16.3. The first-order valence-corrected chi connectivity index (χ1v) is 10.5. The predicted octanol–water partition coefficient (Wildman–Crippen LogP) is 6.35. The zero-order valence-electron chi connectivity index (χ0n) is 16.3. The molecule has 0 spiro atoms. The van der Waals surface area contributed by atoms with Gasteiger partial charge in [0.15, 0.2) is 0 Å². The molecule has 0 aliphatic carbocycles. The largest absolute Gasteiger partial charge is 0.394 e. The maximum absolute atomic E-state index is 9.09. The number of unbranched alkanes of at least 4 members (excludes halogenated alkanes) is 15. The van der Waals surface area contributed by atoms with Crippen molar-refractivity contribution in [3.8, 4) is 0 Å². The summed E-state index contributed by atoms with van der Waals surface area (Å²) in [5, 5.41) is 9.09. The van der Waals surface area contributed by atoms with E-state index >= 15 is 0 Å². The van der Waals surface area contributed by atoms with Crippen molar-refractivity contribution in [1.82, 2.24) is 0 Å². The van der Waals surface area contributed by atoms with Gasteiger partial charge in [-0.2, -0.15) is 0 Å². The first-order valence-electron chi connectivity index (χ1n) is 10.5. The lowest BCUT2D eigenvalue weighted by atomic mass is 9.96. The Balaban J connectivity index is 3.05. The number of aliphatic hydroxyl groups excluding tert-OH is 1. The summed E-state index contributed by atoms with van der Waals surface area (Å²) in [6.07, 6.45) is 23.3. The van der Waals surface area contributed by atoms with Gasteiger partial charge in [-0.05, 0) is 13.3 Å². The molecule has 0 saturated carbocycles. The highest BCUT2D eigenvalue weighted by molar-refractivity contribution is 4.76. The van der Waals surface area contributed by atoms with Crippen LogP contribution in [0, 0.1) is 0 Å². The molecule has 0 aromatic rings. The molecule has 0 aliphatic rings. The first-order chi connectivity index (χ1) is 11.1. The zero-order valence-corrected chi connectivity index (χ0v) is 16.3. The van der Waals surface area contributed by atoms with Crippen LogP contribution in [0.4, 0.5) is 0 Å². The Hall–Kier alpha value is -0.0800. The minimum absolute atomic E-state index is 0.103. The molecule has 1 unspecified atom stereocenters. The fourth-order valence-electron chi connectivity index (χ4n) is 3.16. The van der Waals surface area contributed by atoms with Crippen LogP contribution in [0.3, 0.4) is 0 Å². The summed E-state index contributed by atoms with van der Waals surface area (Å²) in [6.45, 7) is 4.33. The topological polar surface area (TPSA) is 46.2 Å². The van der Waals surface area contributed by atoms with Crippen LogP contribution in [0.2, 0.25) is 0 Å². The molecule has 0 saturated heterocycles. The predicted molar refractivity (Wildman–Crippen MR) is 104 cm³/mol. The molecule has 1 atom stereocenters. The van der Waals surface area contributed by atoms with Crippen LogP contribution in [0.5, 0.6) is 0 Å². The summed E-state index contributed by atoms with van der Waals surface area (Å²) >= 11 is 0. The molecule has 0 radical (unpaired) electrons. The van der Waals surface area contributed by atoms with Crippen molar-refractivity contribution in [1.29, 1.82) is 0 Å². The summed E-state index contributed by atoms with van der Waals surface area (Å²) in [5.41, 5.74) is 5.56. The van der Waals surface area contributed by atoms with Crippen LogP contribution < -0.4 is 5.73 Å². The molecule has 0 heterocycles. The van der Waals surface area contributed by atoms with Crippen LogP contribution >= 0.6 is 0 Å². The lowest BCUT2D eigenvalue weighted by Crippen LogP contribution is -2.39. The lowest BCUT2D eigenvalue weighted by molar-refractivity contribution is 0.197. The van der Waals surface area contributed by atoms with Crippen LogP contribution in [0.15, 0.2) is 0 Å². The Bertz CT molecular complexity index is 228. The zero-order chi connectivity index (χ0) is 17.2. The molecule has 3 N–H and O–H groups in total. The van der Waals surface area contributed by atoms with Crippen LogP contribution in [0.25, 0.3) is 0 Å². The van der Waals surface area contributed by atoms with Gasteiger partial charge in [-0.3, -0.25) is 0 Å². The Kier molecular flexibility index (Phi) is 16.7. The van der Waals surface area contributed by atoms with Crippen molar-refractivity contribution in [2.24, 2.45) is 5.73 Å². The summed E-state index contributed by atoms with van der Waals surface area (Å²) in [4.78, 5) is 0. The second-order valence-electron chi connectivity index (χ2n) is 7.87. The lowest BCUT2D eigenvalue weighted by Gasteiger charge is -2.21. The minimum Gasteiger partial charge on any atom is -0.394 e. The summed E-state index contributed by atoms with van der Waals surface area (Å²) in [5.74, 6) is 0. The fraction of sp³-hybridized carbons (Fsp3) is 1.00. The average Bonchev–Trinajstić information content (AvgIpc) is 2.54.